The molecule has 0 fully saturated rings. The maximum atomic E-state index is 2.53. The Bertz CT molecular complexity index is 3810. The molecule has 0 atom stereocenters. The molecule has 0 saturated heterocycles. The zero-order chi connectivity index (χ0) is 41.2. The van der Waals surface area contributed by atoms with Crippen LogP contribution in [0.5, 0.6) is 0 Å². The van der Waals surface area contributed by atoms with E-state index < -0.39 is 5.41 Å². The molecule has 4 heteroatoms. The second kappa shape index (κ2) is 13.3. The van der Waals surface area contributed by atoms with Gasteiger partial charge in [0.25, 0.3) is 0 Å². The topological polar surface area (TPSA) is 8.17 Å². The summed E-state index contributed by atoms with van der Waals surface area (Å²) in [6, 6.07) is 81.7. The van der Waals surface area contributed by atoms with Crippen LogP contribution in [0.3, 0.4) is 0 Å². The smallest absolute Gasteiger partial charge is 0.0742 e. The molecule has 1 aliphatic carbocycles. The van der Waals surface area contributed by atoms with Gasteiger partial charge in [-0.1, -0.05) is 151 Å². The predicted molar refractivity (Wildman–Crippen MR) is 267 cm³/mol. The Hall–Kier alpha value is -7.37. The van der Waals surface area contributed by atoms with Gasteiger partial charge >= 0.3 is 0 Å². The van der Waals surface area contributed by atoms with Gasteiger partial charge in [0.05, 0.1) is 16.4 Å². The van der Waals surface area contributed by atoms with Crippen LogP contribution in [0.25, 0.3) is 69.6 Å². The summed E-state index contributed by atoms with van der Waals surface area (Å²) in [5.41, 5.74) is 14.4. The molecule has 3 heterocycles. The Morgan fingerprint density at radius 1 is 0.381 bits per heavy atom. The van der Waals surface area contributed by atoms with E-state index in [1.165, 1.54) is 95.9 Å². The largest absolute Gasteiger partial charge is 0.310 e. The fourth-order valence-electron chi connectivity index (χ4n) is 11.1. The Balaban J connectivity index is 1.07. The lowest BCUT2D eigenvalue weighted by atomic mass is 9.66. The highest BCUT2D eigenvalue weighted by atomic mass is 32.2. The van der Waals surface area contributed by atoms with Gasteiger partial charge in [-0.05, 0) is 123 Å². The lowest BCUT2D eigenvalue weighted by molar-refractivity contribution is 0.728. The molecule has 0 radical (unpaired) electrons. The van der Waals surface area contributed by atoms with Gasteiger partial charge in [-0.3, -0.25) is 0 Å². The second-order valence-corrected chi connectivity index (χ2v) is 19.0. The summed E-state index contributed by atoms with van der Waals surface area (Å²) in [7, 11) is 0. The third-order valence-electron chi connectivity index (χ3n) is 13.6. The fraction of sp³-hybridized carbons (Fsp3) is 0.0169. The maximum absolute atomic E-state index is 2.53. The quantitative estimate of drug-likeness (QED) is 0.174. The van der Waals surface area contributed by atoms with Crippen molar-refractivity contribution < 1.29 is 0 Å². The molecule has 0 amide bonds. The van der Waals surface area contributed by atoms with Crippen molar-refractivity contribution in [3.63, 3.8) is 0 Å². The Labute approximate surface area is 372 Å². The highest BCUT2D eigenvalue weighted by molar-refractivity contribution is 7.99. The number of fused-ring (bicyclic) bond motifs is 17. The van der Waals surface area contributed by atoms with E-state index in [1.807, 2.05) is 23.1 Å². The van der Waals surface area contributed by atoms with Crippen LogP contribution in [-0.4, -0.2) is 4.57 Å². The van der Waals surface area contributed by atoms with Crippen molar-refractivity contribution in [1.29, 1.82) is 0 Å². The number of nitrogens with zero attached hydrogens (tertiary/aromatic N) is 2. The molecule has 0 N–H and O–H groups in total. The first-order valence-corrected chi connectivity index (χ1v) is 23.2. The van der Waals surface area contributed by atoms with Crippen molar-refractivity contribution >= 4 is 92.9 Å². The van der Waals surface area contributed by atoms with Crippen molar-refractivity contribution in [1.82, 2.24) is 4.57 Å². The zero-order valence-electron chi connectivity index (χ0n) is 34.0. The molecule has 294 valence electrons. The van der Waals surface area contributed by atoms with Crippen LogP contribution in [0.1, 0.15) is 22.3 Å². The number of benzene rings is 10. The van der Waals surface area contributed by atoms with Gasteiger partial charge in [-0.25, -0.2) is 0 Å². The molecule has 1 aliphatic heterocycles. The number of hydrogen-bond donors (Lipinski definition) is 0. The SMILES string of the molecule is c1ccc(-n2c3ccccc3c3cc(N(c4ccc5c(c4)C4(c6ccccc6Sc6ccccc64)c4c-5ccc5ccccc45)c4ccc5c(c4)sc4ccccc45)ccc32)cc1. The number of rotatable bonds is 4. The lowest BCUT2D eigenvalue weighted by Crippen LogP contribution is -2.32. The molecule has 10 aromatic carbocycles. The van der Waals surface area contributed by atoms with Crippen LogP contribution in [0.15, 0.2) is 228 Å². The van der Waals surface area contributed by atoms with Gasteiger partial charge < -0.3 is 9.47 Å². The van der Waals surface area contributed by atoms with Crippen molar-refractivity contribution in [2.75, 3.05) is 4.90 Å². The van der Waals surface area contributed by atoms with Gasteiger partial charge in [0.2, 0.25) is 0 Å². The van der Waals surface area contributed by atoms with Gasteiger partial charge in [0.1, 0.15) is 0 Å². The molecule has 12 aromatic rings. The summed E-state index contributed by atoms with van der Waals surface area (Å²) in [6.45, 7) is 0. The first-order valence-electron chi connectivity index (χ1n) is 21.6. The van der Waals surface area contributed by atoms with Crippen LogP contribution < -0.4 is 4.90 Å². The fourth-order valence-corrected chi connectivity index (χ4v) is 13.4. The monoisotopic (exact) mass is 836 g/mol. The summed E-state index contributed by atoms with van der Waals surface area (Å²) in [6.07, 6.45) is 0. The average molecular weight is 837 g/mol. The molecule has 63 heavy (non-hydrogen) atoms. The van der Waals surface area contributed by atoms with E-state index in [1.54, 1.807) is 0 Å². The number of anilines is 3. The molecule has 14 rings (SSSR count). The van der Waals surface area contributed by atoms with E-state index in [4.69, 9.17) is 0 Å². The molecule has 2 nitrogen and oxygen atoms in total. The maximum Gasteiger partial charge on any atom is 0.0742 e. The van der Waals surface area contributed by atoms with Crippen LogP contribution in [0, 0.1) is 0 Å². The molecule has 2 aromatic heterocycles. The number of hydrogen-bond acceptors (Lipinski definition) is 3. The number of thiophene rings is 1. The van der Waals surface area contributed by atoms with E-state index in [9.17, 15) is 0 Å². The molecule has 1 spiro atoms. The molecule has 0 saturated carbocycles. The standard InChI is InChI=1S/C59H36N2S2/c1-2-15-38(16-3-1)61-52-22-10-6-18-44(52)48-34-39(29-33-53(48)61)60(41-28-32-46-45-19-7-11-23-54(45)62-57(46)36-41)40-27-31-43-47-30-26-37-14-4-5-17-42(37)58(47)59(51(43)35-40)49-20-8-12-24-55(49)63-56-25-13-9-21-50(56)59/h1-36H. The summed E-state index contributed by atoms with van der Waals surface area (Å²) < 4.78 is 4.99. The number of aromatic nitrogens is 1. The average Bonchev–Trinajstić information content (AvgIpc) is 3.98. The van der Waals surface area contributed by atoms with E-state index >= 15 is 0 Å². The Kier molecular flexibility index (Phi) is 7.45. The highest BCUT2D eigenvalue weighted by Gasteiger charge is 2.51. The van der Waals surface area contributed by atoms with E-state index in [0.29, 0.717) is 0 Å². The summed E-state index contributed by atoms with van der Waals surface area (Å²) in [5, 5.41) is 7.63. The highest BCUT2D eigenvalue weighted by Crippen LogP contribution is 2.64. The lowest BCUT2D eigenvalue weighted by Gasteiger charge is -2.40. The first-order chi connectivity index (χ1) is 31.2. The summed E-state index contributed by atoms with van der Waals surface area (Å²) in [5.74, 6) is 0. The van der Waals surface area contributed by atoms with Gasteiger partial charge in [-0.15, -0.1) is 11.3 Å². The minimum atomic E-state index is -0.534. The third kappa shape index (κ3) is 4.91. The minimum Gasteiger partial charge on any atom is -0.310 e. The predicted octanol–water partition coefficient (Wildman–Crippen LogP) is 16.6. The molecular formula is C59H36N2S2. The van der Waals surface area contributed by atoms with Crippen molar-refractivity contribution in [3.05, 3.63) is 241 Å². The molecular weight excluding hydrogens is 801 g/mol. The van der Waals surface area contributed by atoms with E-state index in [2.05, 4.69) is 228 Å². The first kappa shape index (κ1) is 35.2. The summed E-state index contributed by atoms with van der Waals surface area (Å²) in [4.78, 5) is 5.11. The Morgan fingerprint density at radius 2 is 0.984 bits per heavy atom. The van der Waals surface area contributed by atoms with Crippen LogP contribution in [-0.2, 0) is 5.41 Å². The number of para-hydroxylation sites is 2. The van der Waals surface area contributed by atoms with Crippen molar-refractivity contribution in [2.45, 2.75) is 15.2 Å². The minimum absolute atomic E-state index is 0.534. The molecule has 0 bridgehead atoms. The van der Waals surface area contributed by atoms with E-state index in [-0.39, 0.29) is 0 Å². The zero-order valence-corrected chi connectivity index (χ0v) is 35.6. The van der Waals surface area contributed by atoms with Gasteiger partial charge in [0.15, 0.2) is 0 Å². The van der Waals surface area contributed by atoms with Gasteiger partial charge in [0, 0.05) is 63.5 Å². The third-order valence-corrected chi connectivity index (χ3v) is 15.9. The van der Waals surface area contributed by atoms with Crippen LogP contribution in [0.4, 0.5) is 17.1 Å². The van der Waals surface area contributed by atoms with Crippen molar-refractivity contribution in [3.8, 4) is 16.8 Å². The van der Waals surface area contributed by atoms with Gasteiger partial charge in [-0.2, -0.15) is 0 Å². The van der Waals surface area contributed by atoms with Crippen molar-refractivity contribution in [2.24, 2.45) is 0 Å². The van der Waals surface area contributed by atoms with Crippen LogP contribution >= 0.6 is 23.1 Å². The summed E-state index contributed by atoms with van der Waals surface area (Å²) >= 11 is 3.77. The normalized spacial score (nSPS) is 13.5. The molecule has 2 aliphatic rings. The Morgan fingerprint density at radius 3 is 1.83 bits per heavy atom. The van der Waals surface area contributed by atoms with E-state index in [0.717, 1.165) is 22.7 Å². The molecule has 0 unspecified atom stereocenters. The second-order valence-electron chi connectivity index (χ2n) is 16.8. The van der Waals surface area contributed by atoms with Crippen LogP contribution in [0.2, 0.25) is 0 Å².